The van der Waals surface area contributed by atoms with Crippen molar-refractivity contribution in [3.63, 3.8) is 0 Å². The smallest absolute Gasteiger partial charge is 0.339 e. The molecule has 0 heterocycles. The van der Waals surface area contributed by atoms with Crippen LogP contribution in [0.4, 0.5) is 0 Å². The molecule has 0 aliphatic carbocycles. The second kappa shape index (κ2) is 7.53. The Labute approximate surface area is 112 Å². The minimum atomic E-state index is -1.15. The lowest BCUT2D eigenvalue weighted by atomic mass is 10.1. The Bertz CT molecular complexity index is 441. The van der Waals surface area contributed by atoms with Crippen LogP contribution in [0.15, 0.2) is 24.3 Å². The first kappa shape index (κ1) is 15.2. The van der Waals surface area contributed by atoms with Crippen molar-refractivity contribution in [2.75, 3.05) is 13.2 Å². The summed E-state index contributed by atoms with van der Waals surface area (Å²) in [6.45, 7) is 4.34. The van der Waals surface area contributed by atoms with Crippen molar-refractivity contribution in [1.29, 1.82) is 0 Å². The largest absolute Gasteiger partial charge is 0.478 e. The Kier molecular flexibility index (Phi) is 6.02. The number of carbonyl (C=O) groups is 2. The third-order valence-electron chi connectivity index (χ3n) is 2.67. The molecule has 0 saturated carbocycles. The maximum absolute atomic E-state index is 11.7. The molecule has 104 valence electrons. The van der Waals surface area contributed by atoms with Crippen LogP contribution in [0.25, 0.3) is 0 Å². The summed E-state index contributed by atoms with van der Waals surface area (Å²) in [5, 5.41) is 8.96. The Morgan fingerprint density at radius 2 is 1.84 bits per heavy atom. The van der Waals surface area contributed by atoms with E-state index < -0.39 is 11.9 Å². The van der Waals surface area contributed by atoms with Crippen LogP contribution in [0.2, 0.25) is 0 Å². The molecule has 0 aromatic heterocycles. The summed E-state index contributed by atoms with van der Waals surface area (Å²) in [6.07, 6.45) is 1.00. The fourth-order valence-corrected chi connectivity index (χ4v) is 1.43. The van der Waals surface area contributed by atoms with E-state index in [0.717, 1.165) is 6.42 Å². The van der Waals surface area contributed by atoms with Gasteiger partial charge in [-0.15, -0.1) is 0 Å². The lowest BCUT2D eigenvalue weighted by Crippen LogP contribution is -2.16. The second-order valence-electron chi connectivity index (χ2n) is 4.08. The van der Waals surface area contributed by atoms with E-state index in [4.69, 9.17) is 14.6 Å². The average Bonchev–Trinajstić information content (AvgIpc) is 2.42. The predicted octanol–water partition coefficient (Wildman–Crippen LogP) is 2.36. The molecular weight excluding hydrogens is 248 g/mol. The fraction of sp³-hybridized carbons (Fsp3) is 0.429. The number of carbonyl (C=O) groups excluding carboxylic acids is 1. The number of carboxylic acids is 1. The first-order valence-corrected chi connectivity index (χ1v) is 6.17. The number of benzene rings is 1. The summed E-state index contributed by atoms with van der Waals surface area (Å²) >= 11 is 0. The van der Waals surface area contributed by atoms with Crippen LogP contribution >= 0.6 is 0 Å². The molecule has 0 saturated heterocycles. The van der Waals surface area contributed by atoms with Crippen molar-refractivity contribution in [3.05, 3.63) is 35.4 Å². The summed E-state index contributed by atoms with van der Waals surface area (Å²) in [4.78, 5) is 22.7. The van der Waals surface area contributed by atoms with Gasteiger partial charge in [0.1, 0.15) is 6.61 Å². The zero-order valence-corrected chi connectivity index (χ0v) is 11.1. The minimum absolute atomic E-state index is 0.0542. The normalized spacial score (nSPS) is 11.9. The van der Waals surface area contributed by atoms with Gasteiger partial charge < -0.3 is 14.6 Å². The minimum Gasteiger partial charge on any atom is -0.478 e. The van der Waals surface area contributed by atoms with Gasteiger partial charge in [0.2, 0.25) is 0 Å². The molecule has 1 unspecified atom stereocenters. The first-order chi connectivity index (χ1) is 9.06. The van der Waals surface area contributed by atoms with E-state index in [0.29, 0.717) is 6.61 Å². The highest BCUT2D eigenvalue weighted by atomic mass is 16.6. The van der Waals surface area contributed by atoms with Crippen molar-refractivity contribution in [3.8, 4) is 0 Å². The van der Waals surface area contributed by atoms with Gasteiger partial charge in [0.05, 0.1) is 23.8 Å². The van der Waals surface area contributed by atoms with Gasteiger partial charge in [0.25, 0.3) is 0 Å². The highest BCUT2D eigenvalue weighted by molar-refractivity contribution is 6.02. The molecule has 1 aromatic rings. The SMILES string of the molecule is CCC(C)OCCOC(=O)c1ccccc1C(=O)O. The van der Waals surface area contributed by atoms with Crippen molar-refractivity contribution in [2.45, 2.75) is 26.4 Å². The number of aromatic carboxylic acids is 1. The fourth-order valence-electron chi connectivity index (χ4n) is 1.43. The van der Waals surface area contributed by atoms with Crippen LogP contribution in [0, 0.1) is 0 Å². The van der Waals surface area contributed by atoms with Crippen molar-refractivity contribution in [1.82, 2.24) is 0 Å². The number of hydrogen-bond acceptors (Lipinski definition) is 4. The number of ether oxygens (including phenoxy) is 2. The summed E-state index contributed by atoms with van der Waals surface area (Å²) in [6, 6.07) is 5.96. The molecule has 0 aliphatic heterocycles. The molecule has 0 aliphatic rings. The number of esters is 1. The van der Waals surface area contributed by atoms with E-state index in [1.807, 2.05) is 13.8 Å². The molecule has 1 atom stereocenters. The van der Waals surface area contributed by atoms with Crippen LogP contribution in [0.1, 0.15) is 41.0 Å². The Balaban J connectivity index is 2.52. The van der Waals surface area contributed by atoms with E-state index in [1.165, 1.54) is 12.1 Å². The molecule has 1 N–H and O–H groups in total. The lowest BCUT2D eigenvalue weighted by Gasteiger charge is -2.11. The van der Waals surface area contributed by atoms with Crippen LogP contribution in [-0.2, 0) is 9.47 Å². The van der Waals surface area contributed by atoms with Gasteiger partial charge in [-0.25, -0.2) is 9.59 Å². The average molecular weight is 266 g/mol. The summed E-state index contributed by atoms with van der Waals surface area (Å²) < 4.78 is 10.3. The molecule has 5 nitrogen and oxygen atoms in total. The van der Waals surface area contributed by atoms with Gasteiger partial charge >= 0.3 is 11.9 Å². The van der Waals surface area contributed by atoms with Gasteiger partial charge in [-0.05, 0) is 25.5 Å². The first-order valence-electron chi connectivity index (χ1n) is 6.17. The predicted molar refractivity (Wildman–Crippen MR) is 69.4 cm³/mol. The topological polar surface area (TPSA) is 72.8 Å². The molecule has 19 heavy (non-hydrogen) atoms. The maximum Gasteiger partial charge on any atom is 0.339 e. The van der Waals surface area contributed by atoms with E-state index in [9.17, 15) is 9.59 Å². The van der Waals surface area contributed by atoms with Crippen LogP contribution in [-0.4, -0.2) is 36.4 Å². The molecular formula is C14H18O5. The standard InChI is InChI=1S/C14H18O5/c1-3-10(2)18-8-9-19-14(17)12-7-5-4-6-11(12)13(15)16/h4-7,10H,3,8-9H2,1-2H3,(H,15,16). The van der Waals surface area contributed by atoms with E-state index in [-0.39, 0.29) is 23.8 Å². The van der Waals surface area contributed by atoms with E-state index in [2.05, 4.69) is 0 Å². The van der Waals surface area contributed by atoms with E-state index >= 15 is 0 Å². The highest BCUT2D eigenvalue weighted by Gasteiger charge is 2.16. The van der Waals surface area contributed by atoms with Crippen molar-refractivity contribution < 1.29 is 24.2 Å². The monoisotopic (exact) mass is 266 g/mol. The maximum atomic E-state index is 11.7. The Hall–Kier alpha value is -1.88. The molecule has 1 aromatic carbocycles. The van der Waals surface area contributed by atoms with Gasteiger partial charge in [-0.3, -0.25) is 0 Å². The van der Waals surface area contributed by atoms with Gasteiger partial charge in [0.15, 0.2) is 0 Å². The molecule has 0 bridgehead atoms. The quantitative estimate of drug-likeness (QED) is 0.606. The molecule has 0 spiro atoms. The lowest BCUT2D eigenvalue weighted by molar-refractivity contribution is 0.0119. The summed E-state index contributed by atoms with van der Waals surface area (Å²) in [5.74, 6) is -1.80. The Morgan fingerprint density at radius 1 is 1.21 bits per heavy atom. The van der Waals surface area contributed by atoms with E-state index in [1.54, 1.807) is 12.1 Å². The molecule has 0 amide bonds. The third kappa shape index (κ3) is 4.71. The summed E-state index contributed by atoms with van der Waals surface area (Å²) in [5.41, 5.74) is -0.00566. The third-order valence-corrected chi connectivity index (χ3v) is 2.67. The van der Waals surface area contributed by atoms with Crippen molar-refractivity contribution in [2.24, 2.45) is 0 Å². The Morgan fingerprint density at radius 3 is 2.42 bits per heavy atom. The number of rotatable bonds is 7. The van der Waals surface area contributed by atoms with Crippen LogP contribution < -0.4 is 0 Å². The van der Waals surface area contributed by atoms with Crippen molar-refractivity contribution >= 4 is 11.9 Å². The van der Waals surface area contributed by atoms with Gasteiger partial charge in [0, 0.05) is 0 Å². The van der Waals surface area contributed by atoms with Gasteiger partial charge in [-0.2, -0.15) is 0 Å². The van der Waals surface area contributed by atoms with Crippen LogP contribution in [0.5, 0.6) is 0 Å². The number of hydrogen-bond donors (Lipinski definition) is 1. The molecule has 0 fully saturated rings. The molecule has 0 radical (unpaired) electrons. The second-order valence-corrected chi connectivity index (χ2v) is 4.08. The molecule has 1 rings (SSSR count). The highest BCUT2D eigenvalue weighted by Crippen LogP contribution is 2.10. The molecule has 5 heteroatoms. The van der Waals surface area contributed by atoms with Gasteiger partial charge in [-0.1, -0.05) is 19.1 Å². The van der Waals surface area contributed by atoms with Crippen LogP contribution in [0.3, 0.4) is 0 Å². The zero-order chi connectivity index (χ0) is 14.3. The zero-order valence-electron chi connectivity index (χ0n) is 11.1. The number of carboxylic acid groups (broad SMARTS) is 1. The summed E-state index contributed by atoms with van der Waals surface area (Å²) in [7, 11) is 0.